The van der Waals surface area contributed by atoms with Crippen molar-refractivity contribution in [1.29, 1.82) is 0 Å². The molecular formula is C15H11N3O7. The number of hydrogen-bond donors (Lipinski definition) is 0. The van der Waals surface area contributed by atoms with Gasteiger partial charge in [-0.15, -0.1) is 0 Å². The Balaban J connectivity index is 2.32. The van der Waals surface area contributed by atoms with Gasteiger partial charge in [0.15, 0.2) is 6.29 Å². The van der Waals surface area contributed by atoms with Crippen LogP contribution in [-0.2, 0) is 0 Å². The summed E-state index contributed by atoms with van der Waals surface area (Å²) in [7, 11) is 1.20. The molecule has 0 aliphatic carbocycles. The standard InChI is InChI=1S/C15H11N3O7/c1-16(15(20)12-5-3-2-4-10(12)9-19)25-14-7-6-11(17(21)22)8-13(14)18(23)24/h2-9H,1H3. The third-order valence-electron chi connectivity index (χ3n) is 3.19. The number of rotatable bonds is 6. The van der Waals surface area contributed by atoms with Crippen LogP contribution in [0.2, 0.25) is 0 Å². The molecule has 10 nitrogen and oxygen atoms in total. The number of amides is 1. The monoisotopic (exact) mass is 345 g/mol. The normalized spacial score (nSPS) is 9.96. The average molecular weight is 345 g/mol. The van der Waals surface area contributed by atoms with Crippen molar-refractivity contribution in [2.45, 2.75) is 0 Å². The van der Waals surface area contributed by atoms with Crippen LogP contribution in [0.5, 0.6) is 5.75 Å². The Labute approximate surface area is 140 Å². The lowest BCUT2D eigenvalue weighted by Gasteiger charge is -2.18. The molecule has 0 saturated heterocycles. The van der Waals surface area contributed by atoms with Crippen LogP contribution in [-0.4, -0.2) is 34.2 Å². The summed E-state index contributed by atoms with van der Waals surface area (Å²) in [5.74, 6) is -1.06. The fourth-order valence-electron chi connectivity index (χ4n) is 1.99. The zero-order valence-electron chi connectivity index (χ0n) is 12.8. The average Bonchev–Trinajstić information content (AvgIpc) is 2.60. The van der Waals surface area contributed by atoms with Gasteiger partial charge in [0.05, 0.1) is 21.5 Å². The molecule has 0 aliphatic heterocycles. The van der Waals surface area contributed by atoms with Crippen molar-refractivity contribution in [3.8, 4) is 5.75 Å². The van der Waals surface area contributed by atoms with E-state index in [9.17, 15) is 29.8 Å². The molecule has 0 saturated carbocycles. The zero-order chi connectivity index (χ0) is 18.6. The fraction of sp³-hybridized carbons (Fsp3) is 0.0667. The summed E-state index contributed by atoms with van der Waals surface area (Å²) in [6, 6.07) is 8.71. The molecule has 0 bridgehead atoms. The number of non-ortho nitro benzene ring substituents is 1. The third kappa shape index (κ3) is 3.75. The van der Waals surface area contributed by atoms with Crippen LogP contribution >= 0.6 is 0 Å². The largest absolute Gasteiger partial charge is 0.369 e. The lowest BCUT2D eigenvalue weighted by molar-refractivity contribution is -0.395. The summed E-state index contributed by atoms with van der Waals surface area (Å²) < 4.78 is 0. The van der Waals surface area contributed by atoms with Gasteiger partial charge in [0, 0.05) is 18.7 Å². The van der Waals surface area contributed by atoms with Gasteiger partial charge >= 0.3 is 5.69 Å². The summed E-state index contributed by atoms with van der Waals surface area (Å²) in [6.07, 6.45) is 0.495. The maximum absolute atomic E-state index is 12.3. The minimum Gasteiger partial charge on any atom is -0.369 e. The van der Waals surface area contributed by atoms with Gasteiger partial charge in [0.2, 0.25) is 5.75 Å². The first kappa shape index (κ1) is 17.5. The molecule has 0 N–H and O–H groups in total. The van der Waals surface area contributed by atoms with Crippen LogP contribution in [0.1, 0.15) is 20.7 Å². The van der Waals surface area contributed by atoms with E-state index < -0.39 is 27.1 Å². The molecule has 0 unspecified atom stereocenters. The Morgan fingerprint density at radius 1 is 1.12 bits per heavy atom. The molecule has 0 atom stereocenters. The Morgan fingerprint density at radius 2 is 1.80 bits per heavy atom. The summed E-state index contributed by atoms with van der Waals surface area (Å²) in [6.45, 7) is 0. The number of benzene rings is 2. The Morgan fingerprint density at radius 3 is 2.40 bits per heavy atom. The number of nitrogens with zero attached hydrogens (tertiary/aromatic N) is 3. The first-order chi connectivity index (χ1) is 11.8. The SMILES string of the molecule is CN(Oc1ccc([N+](=O)[O-])cc1[N+](=O)[O-])C(=O)c1ccccc1C=O. The minimum absolute atomic E-state index is 0.0459. The number of nitro benzene ring substituents is 2. The molecule has 0 heterocycles. The molecule has 2 aromatic rings. The summed E-state index contributed by atoms with van der Waals surface area (Å²) >= 11 is 0. The van der Waals surface area contributed by atoms with E-state index in [1.807, 2.05) is 0 Å². The molecule has 0 aliphatic rings. The maximum atomic E-state index is 12.3. The van der Waals surface area contributed by atoms with Gasteiger partial charge in [-0.25, -0.2) is 0 Å². The topological polar surface area (TPSA) is 133 Å². The Bertz CT molecular complexity index is 866. The predicted molar refractivity (Wildman–Crippen MR) is 84.3 cm³/mol. The van der Waals surface area contributed by atoms with Crippen LogP contribution < -0.4 is 4.84 Å². The van der Waals surface area contributed by atoms with E-state index in [0.717, 1.165) is 18.2 Å². The lowest BCUT2D eigenvalue weighted by Crippen LogP contribution is -2.31. The maximum Gasteiger partial charge on any atom is 0.321 e. The molecule has 1 amide bonds. The molecule has 0 spiro atoms. The van der Waals surface area contributed by atoms with Gasteiger partial charge in [-0.2, -0.15) is 5.06 Å². The number of hydrogen-bond acceptors (Lipinski definition) is 7. The second-order valence-electron chi connectivity index (χ2n) is 4.77. The molecule has 25 heavy (non-hydrogen) atoms. The van der Waals surface area contributed by atoms with Crippen molar-refractivity contribution in [3.63, 3.8) is 0 Å². The molecule has 0 fully saturated rings. The molecule has 0 radical (unpaired) electrons. The highest BCUT2D eigenvalue weighted by Gasteiger charge is 2.24. The van der Waals surface area contributed by atoms with Gasteiger partial charge in [-0.3, -0.25) is 29.8 Å². The number of aldehydes is 1. The first-order valence-electron chi connectivity index (χ1n) is 6.78. The second-order valence-corrected chi connectivity index (χ2v) is 4.77. The number of carbonyl (C=O) groups excluding carboxylic acids is 2. The van der Waals surface area contributed by atoms with Gasteiger partial charge < -0.3 is 4.84 Å². The van der Waals surface area contributed by atoms with Crippen LogP contribution in [0.4, 0.5) is 11.4 Å². The van der Waals surface area contributed by atoms with Crippen LogP contribution in [0.15, 0.2) is 42.5 Å². The molecule has 0 aromatic heterocycles. The fourth-order valence-corrected chi connectivity index (χ4v) is 1.99. The van der Waals surface area contributed by atoms with E-state index in [1.54, 1.807) is 12.1 Å². The molecule has 128 valence electrons. The number of nitro groups is 2. The summed E-state index contributed by atoms with van der Waals surface area (Å²) in [4.78, 5) is 48.6. The van der Waals surface area contributed by atoms with Crippen molar-refractivity contribution in [1.82, 2.24) is 5.06 Å². The predicted octanol–water partition coefficient (Wildman–Crippen LogP) is 2.38. The molecule has 2 aromatic carbocycles. The van der Waals surface area contributed by atoms with Crippen molar-refractivity contribution < 1.29 is 24.3 Å². The molecule has 10 heteroatoms. The highest BCUT2D eigenvalue weighted by Crippen LogP contribution is 2.31. The van der Waals surface area contributed by atoms with E-state index in [4.69, 9.17) is 4.84 Å². The first-order valence-corrected chi connectivity index (χ1v) is 6.78. The van der Waals surface area contributed by atoms with Gasteiger partial charge in [-0.1, -0.05) is 18.2 Å². The van der Waals surface area contributed by atoms with Crippen LogP contribution in [0.3, 0.4) is 0 Å². The van der Waals surface area contributed by atoms with E-state index in [2.05, 4.69) is 0 Å². The summed E-state index contributed by atoms with van der Waals surface area (Å²) in [5.41, 5.74) is -0.984. The van der Waals surface area contributed by atoms with Gasteiger partial charge in [0.1, 0.15) is 0 Å². The minimum atomic E-state index is -0.861. The Kier molecular flexibility index (Phi) is 5.03. The third-order valence-corrected chi connectivity index (χ3v) is 3.19. The summed E-state index contributed by atoms with van der Waals surface area (Å²) in [5, 5.41) is 22.5. The van der Waals surface area contributed by atoms with Crippen molar-refractivity contribution in [3.05, 3.63) is 73.8 Å². The number of carbonyl (C=O) groups is 2. The lowest BCUT2D eigenvalue weighted by atomic mass is 10.1. The van der Waals surface area contributed by atoms with Crippen LogP contribution in [0.25, 0.3) is 0 Å². The van der Waals surface area contributed by atoms with Crippen molar-refractivity contribution in [2.24, 2.45) is 0 Å². The van der Waals surface area contributed by atoms with E-state index >= 15 is 0 Å². The number of hydroxylamine groups is 2. The van der Waals surface area contributed by atoms with Crippen LogP contribution in [0, 0.1) is 20.2 Å². The van der Waals surface area contributed by atoms with Crippen molar-refractivity contribution in [2.75, 3.05) is 7.05 Å². The smallest absolute Gasteiger partial charge is 0.321 e. The highest BCUT2D eigenvalue weighted by molar-refractivity contribution is 6.00. The second kappa shape index (κ2) is 7.17. The zero-order valence-corrected chi connectivity index (χ0v) is 12.8. The van der Waals surface area contributed by atoms with Crippen molar-refractivity contribution >= 4 is 23.6 Å². The van der Waals surface area contributed by atoms with E-state index in [-0.39, 0.29) is 16.9 Å². The molecular weight excluding hydrogens is 334 g/mol. The Hall–Kier alpha value is -3.82. The molecule has 2 rings (SSSR count). The van der Waals surface area contributed by atoms with Gasteiger partial charge in [0.25, 0.3) is 11.6 Å². The van der Waals surface area contributed by atoms with E-state index in [1.165, 1.54) is 19.2 Å². The quantitative estimate of drug-likeness (QED) is 0.446. The van der Waals surface area contributed by atoms with E-state index in [0.29, 0.717) is 11.3 Å². The highest BCUT2D eigenvalue weighted by atomic mass is 16.7. The van der Waals surface area contributed by atoms with Gasteiger partial charge in [-0.05, 0) is 12.1 Å².